The van der Waals surface area contributed by atoms with Crippen molar-refractivity contribution in [2.45, 2.75) is 13.0 Å². The number of hydrogen-bond acceptors (Lipinski definition) is 4. The van der Waals surface area contributed by atoms with Gasteiger partial charge in [-0.3, -0.25) is 4.79 Å². The van der Waals surface area contributed by atoms with E-state index < -0.39 is 5.63 Å². The summed E-state index contributed by atoms with van der Waals surface area (Å²) >= 11 is 9.55. The van der Waals surface area contributed by atoms with Gasteiger partial charge in [-0.15, -0.1) is 0 Å². The first kappa shape index (κ1) is 17.0. The number of carbonyl (C=O) groups excluding carboxylic acids is 1. The minimum atomic E-state index is -0.413. The fourth-order valence-electron chi connectivity index (χ4n) is 3.02. The Bertz CT molecular complexity index is 880. The van der Waals surface area contributed by atoms with Crippen molar-refractivity contribution < 1.29 is 9.21 Å². The van der Waals surface area contributed by atoms with Crippen LogP contribution in [0.5, 0.6) is 0 Å². The summed E-state index contributed by atoms with van der Waals surface area (Å²) in [5, 5.41) is 1.32. The molecular formula is C17H16BrClN2O3. The normalized spacial score (nSPS) is 18.0. The molecule has 7 heteroatoms. The minimum Gasteiger partial charge on any atom is -0.423 e. The van der Waals surface area contributed by atoms with Crippen molar-refractivity contribution in [3.63, 3.8) is 0 Å². The quantitative estimate of drug-likeness (QED) is 0.561. The third kappa shape index (κ3) is 3.08. The topological polar surface area (TPSA) is 53.8 Å². The molecular weight excluding hydrogens is 396 g/mol. The van der Waals surface area contributed by atoms with E-state index in [1.54, 1.807) is 17.0 Å². The second kappa shape index (κ2) is 6.61. The zero-order valence-corrected chi connectivity index (χ0v) is 15.4. The number of benzene rings is 1. The number of nitrogens with zero attached hydrogens (tertiary/aromatic N) is 2. The first-order valence-corrected chi connectivity index (χ1v) is 8.68. The fourth-order valence-corrected chi connectivity index (χ4v) is 3.51. The summed E-state index contributed by atoms with van der Waals surface area (Å²) in [7, 11) is 0. The summed E-state index contributed by atoms with van der Waals surface area (Å²) in [6.07, 6.45) is 1.33. The molecule has 1 aromatic heterocycles. The molecule has 24 heavy (non-hydrogen) atoms. The van der Waals surface area contributed by atoms with Gasteiger partial charge in [0.15, 0.2) is 0 Å². The highest BCUT2D eigenvalue weighted by atomic mass is 79.9. The first-order valence-electron chi connectivity index (χ1n) is 7.51. The molecule has 1 unspecified atom stereocenters. The Hall–Kier alpha value is -1.79. The number of carbonyl (C=O) groups is 1. The summed E-state index contributed by atoms with van der Waals surface area (Å²) in [5.41, 5.74) is 0.836. The first-order chi connectivity index (χ1) is 11.4. The third-order valence-electron chi connectivity index (χ3n) is 4.19. The van der Waals surface area contributed by atoms with Crippen LogP contribution >= 0.6 is 27.5 Å². The lowest BCUT2D eigenvalue weighted by Crippen LogP contribution is -2.53. The zero-order valence-electron chi connectivity index (χ0n) is 13.1. The van der Waals surface area contributed by atoms with Crippen LogP contribution < -0.4 is 10.5 Å². The van der Waals surface area contributed by atoms with Crippen molar-refractivity contribution in [3.8, 4) is 0 Å². The molecule has 0 radical (unpaired) electrons. The van der Waals surface area contributed by atoms with Crippen molar-refractivity contribution in [2.24, 2.45) is 0 Å². The maximum Gasteiger partial charge on any atom is 0.338 e. The summed E-state index contributed by atoms with van der Waals surface area (Å²) in [5.74, 6) is -0.0779. The van der Waals surface area contributed by atoms with Gasteiger partial charge in [0.25, 0.3) is 0 Å². The minimum absolute atomic E-state index is 0.0510. The summed E-state index contributed by atoms with van der Waals surface area (Å²) in [4.78, 5) is 27.6. The second-order valence-electron chi connectivity index (χ2n) is 5.74. The lowest BCUT2D eigenvalue weighted by Gasteiger charge is -2.41. The van der Waals surface area contributed by atoms with E-state index >= 15 is 0 Å². The van der Waals surface area contributed by atoms with Crippen molar-refractivity contribution in [1.29, 1.82) is 0 Å². The number of rotatable bonds is 2. The highest BCUT2D eigenvalue weighted by Crippen LogP contribution is 2.34. The smallest absolute Gasteiger partial charge is 0.338 e. The maximum absolute atomic E-state index is 11.9. The molecule has 1 aromatic carbocycles. The van der Waals surface area contributed by atoms with E-state index in [2.05, 4.69) is 27.4 Å². The van der Waals surface area contributed by atoms with Gasteiger partial charge in [0.05, 0.1) is 10.7 Å². The van der Waals surface area contributed by atoms with Gasteiger partial charge in [0.1, 0.15) is 5.58 Å². The van der Waals surface area contributed by atoms with Crippen LogP contribution in [-0.4, -0.2) is 36.5 Å². The van der Waals surface area contributed by atoms with E-state index in [1.165, 1.54) is 12.1 Å². The lowest BCUT2D eigenvalue weighted by molar-refractivity contribution is -0.126. The highest BCUT2D eigenvalue weighted by molar-refractivity contribution is 9.10. The van der Waals surface area contributed by atoms with Crippen LogP contribution in [0.4, 0.5) is 5.69 Å². The number of fused-ring (bicyclic) bond motifs is 1. The van der Waals surface area contributed by atoms with Crippen LogP contribution in [0.3, 0.4) is 0 Å². The van der Waals surface area contributed by atoms with Crippen LogP contribution in [0.15, 0.2) is 44.5 Å². The fraction of sp³-hybridized carbons (Fsp3) is 0.294. The van der Waals surface area contributed by atoms with E-state index in [0.29, 0.717) is 34.7 Å². The molecule has 1 atom stereocenters. The number of anilines is 1. The van der Waals surface area contributed by atoms with Gasteiger partial charge in [-0.2, -0.15) is 0 Å². The molecule has 0 N–H and O–H groups in total. The summed E-state index contributed by atoms with van der Waals surface area (Å²) in [6.45, 7) is 7.30. The Morgan fingerprint density at radius 1 is 1.42 bits per heavy atom. The van der Waals surface area contributed by atoms with Gasteiger partial charge in [-0.1, -0.05) is 18.2 Å². The molecule has 3 rings (SSSR count). The molecule has 1 aliphatic rings. The zero-order chi connectivity index (χ0) is 17.4. The van der Waals surface area contributed by atoms with Crippen molar-refractivity contribution in [1.82, 2.24) is 4.90 Å². The van der Waals surface area contributed by atoms with Crippen molar-refractivity contribution in [3.05, 3.63) is 50.8 Å². The van der Waals surface area contributed by atoms with Crippen molar-refractivity contribution in [2.75, 3.05) is 24.5 Å². The molecule has 126 valence electrons. The van der Waals surface area contributed by atoms with Gasteiger partial charge >= 0.3 is 5.63 Å². The van der Waals surface area contributed by atoms with E-state index in [1.807, 2.05) is 6.92 Å². The molecule has 0 aliphatic carbocycles. The molecule has 0 saturated carbocycles. The lowest BCUT2D eigenvalue weighted by atomic mass is 10.1. The molecule has 2 aromatic rings. The van der Waals surface area contributed by atoms with Gasteiger partial charge < -0.3 is 14.2 Å². The Balaban J connectivity index is 2.03. The largest absolute Gasteiger partial charge is 0.423 e. The van der Waals surface area contributed by atoms with Crippen molar-refractivity contribution >= 4 is 50.1 Å². The maximum atomic E-state index is 11.9. The third-order valence-corrected chi connectivity index (χ3v) is 5.38. The van der Waals surface area contributed by atoms with Crippen LogP contribution in [0.2, 0.25) is 5.02 Å². The second-order valence-corrected chi connectivity index (χ2v) is 7.01. The van der Waals surface area contributed by atoms with E-state index in [0.717, 1.165) is 11.1 Å². The highest BCUT2D eigenvalue weighted by Gasteiger charge is 2.27. The van der Waals surface area contributed by atoms with Gasteiger partial charge in [-0.25, -0.2) is 4.79 Å². The molecule has 0 bridgehead atoms. The molecule has 1 fully saturated rings. The average molecular weight is 412 g/mol. The molecule has 2 heterocycles. The molecule has 1 saturated heterocycles. The predicted octanol–water partition coefficient (Wildman–Crippen LogP) is 3.43. The van der Waals surface area contributed by atoms with E-state index in [9.17, 15) is 9.59 Å². The molecule has 1 aliphatic heterocycles. The Labute approximate surface area is 152 Å². The number of halogens is 2. The number of piperazine rings is 1. The molecule has 5 nitrogen and oxygen atoms in total. The summed E-state index contributed by atoms with van der Waals surface area (Å²) < 4.78 is 5.96. The Morgan fingerprint density at radius 2 is 2.17 bits per heavy atom. The van der Waals surface area contributed by atoms with Gasteiger partial charge in [-0.05, 0) is 41.1 Å². The molecule has 1 amide bonds. The van der Waals surface area contributed by atoms with Crippen LogP contribution in [-0.2, 0) is 4.79 Å². The van der Waals surface area contributed by atoms with E-state index in [4.69, 9.17) is 16.0 Å². The SMILES string of the molecule is C=CC(=O)N1CCN(c2cc(=O)oc3cc(Br)c(Cl)cc23)C(C)C1. The summed E-state index contributed by atoms with van der Waals surface area (Å²) in [6, 6.07) is 5.02. The van der Waals surface area contributed by atoms with Gasteiger partial charge in [0.2, 0.25) is 5.91 Å². The number of amides is 1. The standard InChI is InChI=1S/C17H16BrClN2O3/c1-3-16(22)20-4-5-21(10(2)9-20)14-8-17(23)24-15-7-12(18)13(19)6-11(14)15/h3,6-8,10H,1,4-5,9H2,2H3. The average Bonchev–Trinajstić information content (AvgIpc) is 2.55. The Kier molecular flexibility index (Phi) is 4.69. The van der Waals surface area contributed by atoms with E-state index in [-0.39, 0.29) is 11.9 Å². The van der Waals surface area contributed by atoms with Crippen LogP contribution in [0.1, 0.15) is 6.92 Å². The molecule has 0 spiro atoms. The number of hydrogen-bond donors (Lipinski definition) is 0. The predicted molar refractivity (Wildman–Crippen MR) is 98.8 cm³/mol. The Morgan fingerprint density at radius 3 is 2.83 bits per heavy atom. The van der Waals surface area contributed by atoms with Crippen LogP contribution in [0, 0.1) is 0 Å². The monoisotopic (exact) mass is 410 g/mol. The van der Waals surface area contributed by atoms with Crippen LogP contribution in [0.25, 0.3) is 11.0 Å². The van der Waals surface area contributed by atoms with Gasteiger partial charge in [0, 0.05) is 41.6 Å².